The van der Waals surface area contributed by atoms with Crippen molar-refractivity contribution in [1.82, 2.24) is 3.97 Å². The number of aliphatic hydroxyl groups excluding tert-OH is 1. The fourth-order valence-electron chi connectivity index (χ4n) is 2.68. The largest absolute Gasteiger partial charge is 0.396 e. The van der Waals surface area contributed by atoms with Crippen molar-refractivity contribution in [3.63, 3.8) is 0 Å². The molecule has 0 aliphatic heterocycles. The first-order chi connectivity index (χ1) is 11.9. The lowest BCUT2D eigenvalue weighted by Gasteiger charge is -2.06. The second-order valence-corrected chi connectivity index (χ2v) is 8.11. The molecular formula is C19H18ClNO3S. The van der Waals surface area contributed by atoms with Crippen LogP contribution in [0.3, 0.4) is 0 Å². The monoisotopic (exact) mass is 375 g/mol. The maximum atomic E-state index is 12.9. The highest BCUT2D eigenvalue weighted by Gasteiger charge is 2.19. The van der Waals surface area contributed by atoms with Gasteiger partial charge >= 0.3 is 0 Å². The summed E-state index contributed by atoms with van der Waals surface area (Å²) in [7, 11) is -3.69. The average Bonchev–Trinajstić information content (AvgIpc) is 3.00. The second-order valence-electron chi connectivity index (χ2n) is 5.83. The Balaban J connectivity index is 2.11. The topological polar surface area (TPSA) is 59.3 Å². The van der Waals surface area contributed by atoms with E-state index in [0.717, 1.165) is 22.3 Å². The Labute approximate surface area is 152 Å². The Morgan fingerprint density at radius 2 is 1.80 bits per heavy atom. The molecule has 1 N–H and O–H groups in total. The van der Waals surface area contributed by atoms with Crippen LogP contribution in [0.5, 0.6) is 0 Å². The van der Waals surface area contributed by atoms with Gasteiger partial charge in [-0.1, -0.05) is 41.4 Å². The molecule has 130 valence electrons. The molecule has 0 spiro atoms. The van der Waals surface area contributed by atoms with Crippen molar-refractivity contribution >= 4 is 21.6 Å². The van der Waals surface area contributed by atoms with Gasteiger partial charge in [0.25, 0.3) is 10.0 Å². The summed E-state index contributed by atoms with van der Waals surface area (Å²) in [4.78, 5) is 0.223. The molecule has 0 aliphatic rings. The Morgan fingerprint density at radius 3 is 2.44 bits per heavy atom. The molecule has 0 saturated carbocycles. The van der Waals surface area contributed by atoms with E-state index >= 15 is 0 Å². The van der Waals surface area contributed by atoms with Gasteiger partial charge in [-0.05, 0) is 48.7 Å². The van der Waals surface area contributed by atoms with E-state index in [-0.39, 0.29) is 11.5 Å². The van der Waals surface area contributed by atoms with Gasteiger partial charge in [-0.15, -0.1) is 0 Å². The van der Waals surface area contributed by atoms with E-state index in [0.29, 0.717) is 11.4 Å². The summed E-state index contributed by atoms with van der Waals surface area (Å²) in [6, 6.07) is 13.9. The molecule has 1 aromatic heterocycles. The third-order valence-electron chi connectivity index (χ3n) is 4.00. The van der Waals surface area contributed by atoms with Crippen LogP contribution in [0.25, 0.3) is 11.1 Å². The lowest BCUT2D eigenvalue weighted by atomic mass is 10.0. The van der Waals surface area contributed by atoms with Crippen molar-refractivity contribution in [2.45, 2.75) is 18.2 Å². The van der Waals surface area contributed by atoms with Crippen molar-refractivity contribution < 1.29 is 13.5 Å². The minimum Gasteiger partial charge on any atom is -0.396 e. The normalized spacial score (nSPS) is 11.6. The van der Waals surface area contributed by atoms with Crippen LogP contribution in [0.2, 0.25) is 5.02 Å². The van der Waals surface area contributed by atoms with Crippen molar-refractivity contribution in [2.24, 2.45) is 0 Å². The van der Waals surface area contributed by atoms with Crippen LogP contribution in [0.15, 0.2) is 65.8 Å². The molecular weight excluding hydrogens is 358 g/mol. The Morgan fingerprint density at radius 1 is 1.08 bits per heavy atom. The second kappa shape index (κ2) is 7.04. The van der Waals surface area contributed by atoms with Crippen LogP contribution < -0.4 is 0 Å². The van der Waals surface area contributed by atoms with Crippen LogP contribution >= 0.6 is 11.6 Å². The van der Waals surface area contributed by atoms with Crippen LogP contribution in [-0.4, -0.2) is 24.1 Å². The quantitative estimate of drug-likeness (QED) is 0.736. The SMILES string of the molecule is Cc1ccc(S(=O)(=O)n2cc(CCO)c(-c3cccc(Cl)c3)c2)cc1. The van der Waals surface area contributed by atoms with Gasteiger partial charge in [0.15, 0.2) is 0 Å². The minimum atomic E-state index is -3.69. The summed E-state index contributed by atoms with van der Waals surface area (Å²) in [6.07, 6.45) is 3.49. The van der Waals surface area contributed by atoms with Gasteiger partial charge in [0.1, 0.15) is 0 Å². The van der Waals surface area contributed by atoms with Gasteiger partial charge < -0.3 is 5.11 Å². The van der Waals surface area contributed by atoms with Gasteiger partial charge in [0.05, 0.1) is 4.90 Å². The number of rotatable bonds is 5. The van der Waals surface area contributed by atoms with Crippen LogP contribution in [0, 0.1) is 6.92 Å². The van der Waals surface area contributed by atoms with E-state index in [1.165, 1.54) is 3.97 Å². The number of hydrogen-bond acceptors (Lipinski definition) is 3. The van der Waals surface area contributed by atoms with E-state index in [2.05, 4.69) is 0 Å². The van der Waals surface area contributed by atoms with Crippen LogP contribution in [-0.2, 0) is 16.4 Å². The van der Waals surface area contributed by atoms with Crippen molar-refractivity contribution in [3.05, 3.63) is 77.1 Å². The van der Waals surface area contributed by atoms with Gasteiger partial charge in [-0.3, -0.25) is 0 Å². The molecule has 4 nitrogen and oxygen atoms in total. The van der Waals surface area contributed by atoms with Crippen molar-refractivity contribution in [1.29, 1.82) is 0 Å². The van der Waals surface area contributed by atoms with Crippen molar-refractivity contribution in [3.8, 4) is 11.1 Å². The predicted molar refractivity (Wildman–Crippen MR) is 99.4 cm³/mol. The number of aryl methyl sites for hydroxylation is 1. The molecule has 25 heavy (non-hydrogen) atoms. The van der Waals surface area contributed by atoms with Crippen LogP contribution in [0.1, 0.15) is 11.1 Å². The lowest BCUT2D eigenvalue weighted by molar-refractivity contribution is 0.300. The molecule has 0 aliphatic carbocycles. The minimum absolute atomic E-state index is 0.0673. The summed E-state index contributed by atoms with van der Waals surface area (Å²) in [5.74, 6) is 0. The molecule has 0 unspecified atom stereocenters. The standard InChI is InChI=1S/C19H18ClNO3S/c1-14-5-7-18(8-6-14)25(23,24)21-12-16(9-10-22)19(13-21)15-3-2-4-17(20)11-15/h2-8,11-13,22H,9-10H2,1H3. The fraction of sp³-hybridized carbons (Fsp3) is 0.158. The molecule has 1 heterocycles. The highest BCUT2D eigenvalue weighted by Crippen LogP contribution is 2.29. The molecule has 3 rings (SSSR count). The van der Waals surface area contributed by atoms with E-state index in [1.54, 1.807) is 48.8 Å². The maximum absolute atomic E-state index is 12.9. The molecule has 3 aromatic rings. The van der Waals surface area contributed by atoms with Gasteiger partial charge in [0, 0.05) is 29.6 Å². The molecule has 0 fully saturated rings. The number of halogens is 1. The molecule has 0 saturated heterocycles. The van der Waals surface area contributed by atoms with E-state index in [4.69, 9.17) is 11.6 Å². The number of hydrogen-bond donors (Lipinski definition) is 1. The highest BCUT2D eigenvalue weighted by molar-refractivity contribution is 7.90. The zero-order valence-corrected chi connectivity index (χ0v) is 15.3. The van der Waals surface area contributed by atoms with Gasteiger partial charge in [0.2, 0.25) is 0 Å². The Kier molecular flexibility index (Phi) is 4.99. The van der Waals surface area contributed by atoms with Gasteiger partial charge in [-0.25, -0.2) is 12.4 Å². The maximum Gasteiger partial charge on any atom is 0.267 e. The first-order valence-corrected chi connectivity index (χ1v) is 9.63. The van der Waals surface area contributed by atoms with Crippen LogP contribution in [0.4, 0.5) is 0 Å². The molecule has 2 aromatic carbocycles. The van der Waals surface area contributed by atoms with Crippen molar-refractivity contribution in [2.75, 3.05) is 6.61 Å². The molecule has 0 radical (unpaired) electrons. The summed E-state index contributed by atoms with van der Waals surface area (Å²) >= 11 is 6.06. The zero-order valence-electron chi connectivity index (χ0n) is 13.7. The first kappa shape index (κ1) is 17.7. The van der Waals surface area contributed by atoms with E-state index < -0.39 is 10.0 Å². The van der Waals surface area contributed by atoms with E-state index in [1.807, 2.05) is 19.1 Å². The third-order valence-corrected chi connectivity index (χ3v) is 5.87. The number of benzene rings is 2. The fourth-order valence-corrected chi connectivity index (χ4v) is 4.10. The average molecular weight is 376 g/mol. The van der Waals surface area contributed by atoms with E-state index in [9.17, 15) is 13.5 Å². The summed E-state index contributed by atoms with van der Waals surface area (Å²) in [6.45, 7) is 1.84. The summed E-state index contributed by atoms with van der Waals surface area (Å²) < 4.78 is 27.0. The lowest BCUT2D eigenvalue weighted by Crippen LogP contribution is -2.10. The number of aliphatic hydroxyl groups is 1. The highest BCUT2D eigenvalue weighted by atomic mass is 35.5. The smallest absolute Gasteiger partial charge is 0.267 e. The third kappa shape index (κ3) is 3.63. The number of nitrogens with zero attached hydrogens (tertiary/aromatic N) is 1. The van der Waals surface area contributed by atoms with Gasteiger partial charge in [-0.2, -0.15) is 0 Å². The molecule has 6 heteroatoms. The Hall–Kier alpha value is -2.08. The molecule has 0 bridgehead atoms. The predicted octanol–water partition coefficient (Wildman–Crippen LogP) is 3.89. The first-order valence-electron chi connectivity index (χ1n) is 7.82. The Bertz CT molecular complexity index is 992. The number of aromatic nitrogens is 1. The molecule has 0 amide bonds. The zero-order chi connectivity index (χ0) is 18.0. The molecule has 0 atom stereocenters. The summed E-state index contributed by atoms with van der Waals surface area (Å²) in [5, 5.41) is 9.89. The summed E-state index contributed by atoms with van der Waals surface area (Å²) in [5.41, 5.74) is 3.30.